The van der Waals surface area contributed by atoms with Crippen molar-refractivity contribution in [3.63, 3.8) is 0 Å². The van der Waals surface area contributed by atoms with E-state index in [9.17, 15) is 19.2 Å². The molecule has 0 N–H and O–H groups in total. The number of amides is 3. The third-order valence-corrected chi connectivity index (χ3v) is 5.85. The Hall–Kier alpha value is -3.59. The Morgan fingerprint density at radius 2 is 1.73 bits per heavy atom. The van der Waals surface area contributed by atoms with Crippen LogP contribution in [0.3, 0.4) is 0 Å². The van der Waals surface area contributed by atoms with Gasteiger partial charge in [-0.15, -0.1) is 0 Å². The number of hydrogen-bond donors (Lipinski definition) is 0. The summed E-state index contributed by atoms with van der Waals surface area (Å²) in [6, 6.07) is 11.6. The van der Waals surface area contributed by atoms with E-state index < -0.39 is 30.2 Å². The minimum absolute atomic E-state index is 0.288. The van der Waals surface area contributed by atoms with Crippen molar-refractivity contribution in [2.75, 3.05) is 13.7 Å². The average Bonchev–Trinajstić information content (AvgIpc) is 3.22. The van der Waals surface area contributed by atoms with Crippen LogP contribution in [0.4, 0.5) is 0 Å². The van der Waals surface area contributed by atoms with Crippen LogP contribution in [0, 0.1) is 0 Å². The number of aryl methyl sites for hydroxylation is 1. The van der Waals surface area contributed by atoms with Crippen LogP contribution in [-0.4, -0.2) is 46.8 Å². The lowest BCUT2D eigenvalue weighted by molar-refractivity contribution is -0.118. The molecule has 8 nitrogen and oxygen atoms in total. The first kappa shape index (κ1) is 19.7. The zero-order chi connectivity index (χ0) is 21.4. The van der Waals surface area contributed by atoms with Gasteiger partial charge in [-0.2, -0.15) is 4.99 Å². The number of imide groups is 1. The van der Waals surface area contributed by atoms with Crippen molar-refractivity contribution in [3.05, 3.63) is 64.0 Å². The van der Waals surface area contributed by atoms with Crippen LogP contribution < -0.4 is 4.80 Å². The number of esters is 1. The maximum Gasteiger partial charge on any atom is 0.337 e. The van der Waals surface area contributed by atoms with E-state index in [4.69, 9.17) is 4.74 Å². The largest absolute Gasteiger partial charge is 0.465 e. The van der Waals surface area contributed by atoms with E-state index in [0.717, 1.165) is 15.1 Å². The van der Waals surface area contributed by atoms with Crippen molar-refractivity contribution in [2.24, 2.45) is 4.99 Å². The number of rotatable bonds is 4. The van der Waals surface area contributed by atoms with E-state index in [0.29, 0.717) is 16.9 Å². The summed E-state index contributed by atoms with van der Waals surface area (Å²) in [6.07, 6.45) is 0. The molecule has 2 aromatic carbocycles. The van der Waals surface area contributed by atoms with Gasteiger partial charge in [0.25, 0.3) is 17.7 Å². The van der Waals surface area contributed by atoms with Gasteiger partial charge in [-0.05, 0) is 37.3 Å². The van der Waals surface area contributed by atoms with Crippen LogP contribution in [0.5, 0.6) is 0 Å². The van der Waals surface area contributed by atoms with Gasteiger partial charge in [0.15, 0.2) is 4.80 Å². The lowest BCUT2D eigenvalue weighted by atomic mass is 10.1. The average molecular weight is 423 g/mol. The highest BCUT2D eigenvalue weighted by Gasteiger charge is 2.36. The minimum atomic E-state index is -0.605. The van der Waals surface area contributed by atoms with Gasteiger partial charge < -0.3 is 9.30 Å². The molecule has 9 heteroatoms. The highest BCUT2D eigenvalue weighted by molar-refractivity contribution is 7.16. The van der Waals surface area contributed by atoms with Crippen molar-refractivity contribution in [3.8, 4) is 0 Å². The number of carbonyl (C=O) groups is 4. The Morgan fingerprint density at radius 3 is 2.33 bits per heavy atom. The minimum Gasteiger partial charge on any atom is -0.465 e. The normalized spacial score (nSPS) is 13.8. The first-order valence-electron chi connectivity index (χ1n) is 9.19. The molecular weight excluding hydrogens is 406 g/mol. The first-order chi connectivity index (χ1) is 14.4. The zero-order valence-corrected chi connectivity index (χ0v) is 17.1. The lowest BCUT2D eigenvalue weighted by Gasteiger charge is -2.10. The number of methoxy groups -OCH3 is 1. The Kier molecular flexibility index (Phi) is 5.04. The van der Waals surface area contributed by atoms with Crippen molar-refractivity contribution in [1.29, 1.82) is 0 Å². The molecule has 1 aliphatic rings. The molecule has 0 aliphatic carbocycles. The van der Waals surface area contributed by atoms with Crippen LogP contribution in [0.25, 0.3) is 10.2 Å². The number of carbonyl (C=O) groups excluding carboxylic acids is 4. The highest BCUT2D eigenvalue weighted by Crippen LogP contribution is 2.22. The maximum absolute atomic E-state index is 12.6. The third kappa shape index (κ3) is 3.22. The number of ether oxygens (including phenoxy) is 1. The lowest BCUT2D eigenvalue weighted by Crippen LogP contribution is -2.35. The SMILES string of the molecule is CCn1c(=NC(=O)CN2C(=O)c3ccccc3C2=O)sc2cc(C(=O)OC)ccc21. The van der Waals surface area contributed by atoms with Crippen molar-refractivity contribution in [1.82, 2.24) is 9.47 Å². The van der Waals surface area contributed by atoms with Crippen LogP contribution in [-0.2, 0) is 16.1 Å². The van der Waals surface area contributed by atoms with E-state index in [1.165, 1.54) is 18.4 Å². The monoisotopic (exact) mass is 423 g/mol. The molecule has 3 aromatic rings. The molecule has 0 bridgehead atoms. The quantitative estimate of drug-likeness (QED) is 0.473. The summed E-state index contributed by atoms with van der Waals surface area (Å²) >= 11 is 1.25. The Morgan fingerprint density at radius 1 is 1.07 bits per heavy atom. The van der Waals surface area contributed by atoms with Crippen molar-refractivity contribution in [2.45, 2.75) is 13.5 Å². The maximum atomic E-state index is 12.6. The van der Waals surface area contributed by atoms with Gasteiger partial charge in [0.1, 0.15) is 6.54 Å². The van der Waals surface area contributed by atoms with Crippen LogP contribution in [0.15, 0.2) is 47.5 Å². The molecule has 2 heterocycles. The van der Waals surface area contributed by atoms with Crippen LogP contribution in [0.1, 0.15) is 38.0 Å². The topological polar surface area (TPSA) is 98.0 Å². The molecule has 0 unspecified atom stereocenters. The van der Waals surface area contributed by atoms with Crippen molar-refractivity contribution < 1.29 is 23.9 Å². The summed E-state index contributed by atoms with van der Waals surface area (Å²) in [5.74, 6) is -2.05. The number of benzene rings is 2. The molecule has 4 rings (SSSR count). The Bertz CT molecular complexity index is 1250. The molecule has 0 saturated carbocycles. The number of hydrogen-bond acceptors (Lipinski definition) is 6. The fourth-order valence-corrected chi connectivity index (χ4v) is 4.52. The first-order valence-corrected chi connectivity index (χ1v) is 10.0. The molecule has 1 aliphatic heterocycles. The number of fused-ring (bicyclic) bond motifs is 2. The number of nitrogens with zero attached hydrogens (tertiary/aromatic N) is 3. The molecule has 30 heavy (non-hydrogen) atoms. The summed E-state index contributed by atoms with van der Waals surface area (Å²) < 4.78 is 7.35. The molecule has 1 aromatic heterocycles. The molecule has 0 radical (unpaired) electrons. The predicted octanol–water partition coefficient (Wildman–Crippen LogP) is 2.23. The molecule has 3 amide bonds. The zero-order valence-electron chi connectivity index (χ0n) is 16.2. The van der Waals surface area contributed by atoms with E-state index in [2.05, 4.69) is 4.99 Å². The van der Waals surface area contributed by atoms with E-state index in [1.807, 2.05) is 11.5 Å². The molecule has 152 valence electrons. The molecule has 0 spiro atoms. The standard InChI is InChI=1S/C21H17N3O5S/c1-3-23-15-9-8-12(20(28)29-2)10-16(15)30-21(23)22-17(25)11-24-18(26)13-6-4-5-7-14(13)19(24)27/h4-10H,3,11H2,1-2H3. The second-order valence-electron chi connectivity index (χ2n) is 6.55. The highest BCUT2D eigenvalue weighted by atomic mass is 32.1. The summed E-state index contributed by atoms with van der Waals surface area (Å²) in [5, 5.41) is 0. The van der Waals surface area contributed by atoms with E-state index in [-0.39, 0.29) is 11.1 Å². The van der Waals surface area contributed by atoms with Crippen LogP contribution in [0.2, 0.25) is 0 Å². The summed E-state index contributed by atoms with van der Waals surface area (Å²) in [4.78, 5) is 54.7. The smallest absolute Gasteiger partial charge is 0.337 e. The van der Waals surface area contributed by atoms with Gasteiger partial charge in [-0.25, -0.2) is 4.79 Å². The van der Waals surface area contributed by atoms with Gasteiger partial charge in [-0.1, -0.05) is 23.5 Å². The van der Waals surface area contributed by atoms with Crippen molar-refractivity contribution >= 4 is 45.2 Å². The summed E-state index contributed by atoms with van der Waals surface area (Å²) in [7, 11) is 1.31. The predicted molar refractivity (Wildman–Crippen MR) is 109 cm³/mol. The van der Waals surface area contributed by atoms with Gasteiger partial charge >= 0.3 is 5.97 Å². The molecule has 0 saturated heterocycles. The van der Waals surface area contributed by atoms with Gasteiger partial charge in [0, 0.05) is 6.54 Å². The van der Waals surface area contributed by atoms with Gasteiger partial charge in [-0.3, -0.25) is 19.3 Å². The summed E-state index contributed by atoms with van der Waals surface area (Å²) in [5.41, 5.74) is 1.80. The Balaban J connectivity index is 1.66. The molecule has 0 atom stereocenters. The summed E-state index contributed by atoms with van der Waals surface area (Å²) in [6.45, 7) is 2.03. The fourth-order valence-electron chi connectivity index (χ4n) is 3.37. The third-order valence-electron chi connectivity index (χ3n) is 4.81. The van der Waals surface area contributed by atoms with E-state index in [1.54, 1.807) is 42.5 Å². The van der Waals surface area contributed by atoms with Crippen LogP contribution >= 0.6 is 11.3 Å². The molecule has 0 fully saturated rings. The fraction of sp³-hybridized carbons (Fsp3) is 0.190. The number of thiazole rings is 1. The number of aromatic nitrogens is 1. The van der Waals surface area contributed by atoms with E-state index >= 15 is 0 Å². The van der Waals surface area contributed by atoms with Gasteiger partial charge in [0.05, 0.1) is 34.0 Å². The second kappa shape index (κ2) is 7.68. The Labute approximate surface area is 175 Å². The molecular formula is C21H17N3O5S. The van der Waals surface area contributed by atoms with Gasteiger partial charge in [0.2, 0.25) is 0 Å². The second-order valence-corrected chi connectivity index (χ2v) is 7.56.